The zero-order valence-corrected chi connectivity index (χ0v) is 12.5. The molecular weight excluding hydrogens is 284 g/mol. The number of hydrogen-bond acceptors (Lipinski definition) is 5. The zero-order chi connectivity index (χ0) is 13.9. The highest BCUT2D eigenvalue weighted by Gasteiger charge is 2.32. The van der Waals surface area contributed by atoms with E-state index in [0.717, 1.165) is 25.0 Å². The van der Waals surface area contributed by atoms with Crippen LogP contribution in [0.2, 0.25) is 0 Å². The minimum Gasteiger partial charge on any atom is -0.593 e. The summed E-state index contributed by atoms with van der Waals surface area (Å²) >= 11 is 1.35. The summed E-state index contributed by atoms with van der Waals surface area (Å²) in [5, 5.41) is 15.3. The van der Waals surface area contributed by atoms with Crippen molar-refractivity contribution in [2.24, 2.45) is 0 Å². The first kappa shape index (κ1) is 14.6. The SMILES string of the molecule is CCSc1ccc(S(=O)(=O)C2CCCCC2)n[n+]1[O-]. The molecule has 106 valence electrons. The summed E-state index contributed by atoms with van der Waals surface area (Å²) in [6, 6.07) is 3.00. The first-order valence-corrected chi connectivity index (χ1v) is 9.06. The monoisotopic (exact) mass is 302 g/mol. The quantitative estimate of drug-likeness (QED) is 0.483. The highest BCUT2D eigenvalue weighted by Crippen LogP contribution is 2.27. The average molecular weight is 302 g/mol. The second-order valence-electron chi connectivity index (χ2n) is 4.62. The third kappa shape index (κ3) is 3.20. The summed E-state index contributed by atoms with van der Waals surface area (Å²) < 4.78 is 24.8. The summed E-state index contributed by atoms with van der Waals surface area (Å²) in [5.41, 5.74) is 0. The first-order valence-electron chi connectivity index (χ1n) is 6.53. The maximum atomic E-state index is 12.4. The lowest BCUT2D eigenvalue weighted by molar-refractivity contribution is -0.710. The van der Waals surface area contributed by atoms with E-state index in [-0.39, 0.29) is 10.3 Å². The molecule has 0 bridgehead atoms. The van der Waals surface area contributed by atoms with Gasteiger partial charge in [-0.1, -0.05) is 37.9 Å². The Morgan fingerprint density at radius 2 is 2.05 bits per heavy atom. The summed E-state index contributed by atoms with van der Waals surface area (Å²) in [6.07, 6.45) is 4.31. The summed E-state index contributed by atoms with van der Waals surface area (Å²) in [4.78, 5) is 0.421. The summed E-state index contributed by atoms with van der Waals surface area (Å²) in [7, 11) is -3.46. The first-order chi connectivity index (χ1) is 9.05. The molecule has 0 spiro atoms. The van der Waals surface area contributed by atoms with Gasteiger partial charge in [-0.25, -0.2) is 8.42 Å². The molecule has 0 radical (unpaired) electrons. The highest BCUT2D eigenvalue weighted by molar-refractivity contribution is 7.99. The second kappa shape index (κ2) is 6.09. The maximum Gasteiger partial charge on any atom is 0.279 e. The lowest BCUT2D eigenvalue weighted by Gasteiger charge is -2.20. The fourth-order valence-electron chi connectivity index (χ4n) is 2.33. The number of nitrogens with zero attached hydrogens (tertiary/aromatic N) is 2. The topological polar surface area (TPSA) is 74.0 Å². The number of rotatable bonds is 4. The Morgan fingerprint density at radius 1 is 1.37 bits per heavy atom. The highest BCUT2D eigenvalue weighted by atomic mass is 32.2. The predicted octanol–water partition coefficient (Wildman–Crippen LogP) is 1.93. The van der Waals surface area contributed by atoms with Gasteiger partial charge in [0.25, 0.3) is 5.03 Å². The second-order valence-corrected chi connectivity index (χ2v) is 8.08. The van der Waals surface area contributed by atoms with Crippen LogP contribution in [0.25, 0.3) is 0 Å². The molecule has 0 saturated heterocycles. The van der Waals surface area contributed by atoms with Crippen molar-refractivity contribution >= 4 is 21.6 Å². The van der Waals surface area contributed by atoms with E-state index in [1.165, 1.54) is 17.8 Å². The third-order valence-electron chi connectivity index (χ3n) is 3.32. The Labute approximate surface area is 117 Å². The minimum atomic E-state index is -3.46. The number of hydrogen-bond donors (Lipinski definition) is 0. The Morgan fingerprint density at radius 3 is 2.63 bits per heavy atom. The lowest BCUT2D eigenvalue weighted by Crippen LogP contribution is -2.37. The molecule has 1 fully saturated rings. The number of aromatic nitrogens is 2. The van der Waals surface area contributed by atoms with E-state index >= 15 is 0 Å². The van der Waals surface area contributed by atoms with Crippen molar-refractivity contribution in [2.75, 3.05) is 5.75 Å². The smallest absolute Gasteiger partial charge is 0.279 e. The third-order valence-corrected chi connectivity index (χ3v) is 6.35. The molecule has 1 heterocycles. The van der Waals surface area contributed by atoms with Crippen LogP contribution in [0.3, 0.4) is 0 Å². The molecule has 1 saturated carbocycles. The molecule has 2 rings (SSSR count). The molecule has 1 aromatic heterocycles. The van der Waals surface area contributed by atoms with Gasteiger partial charge in [-0.3, -0.25) is 0 Å². The van der Waals surface area contributed by atoms with Gasteiger partial charge >= 0.3 is 0 Å². The van der Waals surface area contributed by atoms with Crippen LogP contribution in [0.15, 0.2) is 22.2 Å². The van der Waals surface area contributed by atoms with Crippen molar-refractivity contribution in [1.82, 2.24) is 5.10 Å². The van der Waals surface area contributed by atoms with Crippen LogP contribution < -0.4 is 4.85 Å². The number of sulfone groups is 1. The predicted molar refractivity (Wildman–Crippen MR) is 73.7 cm³/mol. The van der Waals surface area contributed by atoms with E-state index in [1.807, 2.05) is 6.92 Å². The molecule has 7 heteroatoms. The van der Waals surface area contributed by atoms with Gasteiger partial charge in [0.15, 0.2) is 0 Å². The van der Waals surface area contributed by atoms with E-state index in [9.17, 15) is 13.6 Å². The fraction of sp³-hybridized carbons (Fsp3) is 0.667. The molecular formula is C12H18N2O3S2. The molecule has 19 heavy (non-hydrogen) atoms. The van der Waals surface area contributed by atoms with Gasteiger partial charge in [-0.2, -0.15) is 0 Å². The van der Waals surface area contributed by atoms with Crippen LogP contribution in [0.1, 0.15) is 39.0 Å². The van der Waals surface area contributed by atoms with Crippen molar-refractivity contribution in [2.45, 2.75) is 54.3 Å². The molecule has 0 amide bonds. The standard InChI is InChI=1S/C12H18N2O3S2/c1-2-18-12-9-8-11(13-14(12)15)19(16,17)10-6-4-3-5-7-10/h8-10H,2-7H2,1H3. The van der Waals surface area contributed by atoms with E-state index in [1.54, 1.807) is 6.07 Å². The normalized spacial score (nSPS) is 17.5. The molecule has 1 aromatic rings. The van der Waals surface area contributed by atoms with Gasteiger partial charge in [-0.05, 0) is 23.8 Å². The molecule has 0 aromatic carbocycles. The van der Waals surface area contributed by atoms with Gasteiger partial charge < -0.3 is 5.21 Å². The van der Waals surface area contributed by atoms with E-state index in [2.05, 4.69) is 5.10 Å². The van der Waals surface area contributed by atoms with Crippen LogP contribution >= 0.6 is 11.8 Å². The van der Waals surface area contributed by atoms with E-state index in [4.69, 9.17) is 0 Å². The lowest BCUT2D eigenvalue weighted by atomic mass is 10.0. The molecule has 0 unspecified atom stereocenters. The Bertz CT molecular complexity index is 540. The van der Waals surface area contributed by atoms with Crippen LogP contribution in [-0.2, 0) is 9.84 Å². The van der Waals surface area contributed by atoms with Gasteiger partial charge in [0.1, 0.15) is 0 Å². The Balaban J connectivity index is 2.27. The zero-order valence-electron chi connectivity index (χ0n) is 10.9. The van der Waals surface area contributed by atoms with Crippen LogP contribution in [-0.4, -0.2) is 24.5 Å². The molecule has 0 N–H and O–H groups in total. The summed E-state index contributed by atoms with van der Waals surface area (Å²) in [5.74, 6) is 0.749. The van der Waals surface area contributed by atoms with Crippen LogP contribution in [0, 0.1) is 5.21 Å². The molecule has 5 nitrogen and oxygen atoms in total. The van der Waals surface area contributed by atoms with Crippen molar-refractivity contribution in [3.8, 4) is 0 Å². The Hall–Kier alpha value is -0.820. The van der Waals surface area contributed by atoms with Crippen molar-refractivity contribution < 1.29 is 13.3 Å². The van der Waals surface area contributed by atoms with Crippen molar-refractivity contribution in [3.63, 3.8) is 0 Å². The average Bonchev–Trinajstić information content (AvgIpc) is 2.42. The van der Waals surface area contributed by atoms with Gasteiger partial charge in [0.2, 0.25) is 14.9 Å². The van der Waals surface area contributed by atoms with Crippen molar-refractivity contribution in [1.29, 1.82) is 0 Å². The largest absolute Gasteiger partial charge is 0.593 e. The minimum absolute atomic E-state index is 0.0881. The molecule has 1 aliphatic carbocycles. The molecule has 0 atom stereocenters. The maximum absolute atomic E-state index is 12.4. The van der Waals surface area contributed by atoms with Crippen LogP contribution in [0.5, 0.6) is 0 Å². The number of thioether (sulfide) groups is 1. The van der Waals surface area contributed by atoms with E-state index in [0.29, 0.717) is 22.7 Å². The van der Waals surface area contributed by atoms with Gasteiger partial charge in [0, 0.05) is 16.9 Å². The van der Waals surface area contributed by atoms with Crippen molar-refractivity contribution in [3.05, 3.63) is 17.3 Å². The fourth-order valence-corrected chi connectivity index (χ4v) is 4.68. The molecule has 0 aliphatic heterocycles. The van der Waals surface area contributed by atoms with Gasteiger partial charge in [0.05, 0.1) is 5.25 Å². The van der Waals surface area contributed by atoms with Gasteiger partial charge in [-0.15, -0.1) is 0 Å². The summed E-state index contributed by atoms with van der Waals surface area (Å²) in [6.45, 7) is 1.93. The molecule has 1 aliphatic rings. The van der Waals surface area contributed by atoms with E-state index < -0.39 is 9.84 Å². The Kier molecular flexibility index (Phi) is 4.67. The van der Waals surface area contributed by atoms with Crippen LogP contribution in [0.4, 0.5) is 0 Å².